The molecule has 0 aliphatic rings. The van der Waals surface area contributed by atoms with Gasteiger partial charge in [0.25, 0.3) is 0 Å². The van der Waals surface area contributed by atoms with Crippen LogP contribution in [-0.4, -0.2) is 11.3 Å². The van der Waals surface area contributed by atoms with E-state index in [9.17, 15) is 4.79 Å². The molecule has 2 aromatic rings. The van der Waals surface area contributed by atoms with Crippen LogP contribution in [0.15, 0.2) is 22.8 Å². The molecule has 0 saturated heterocycles. The van der Waals surface area contributed by atoms with Crippen molar-refractivity contribution in [1.29, 1.82) is 0 Å². The zero-order valence-electron chi connectivity index (χ0n) is 6.47. The van der Waals surface area contributed by atoms with Crippen LogP contribution >= 0.6 is 27.5 Å². The van der Waals surface area contributed by atoms with Crippen LogP contribution in [-0.2, 0) is 0 Å². The SMILES string of the molecule is O=Cc1c[nH]c2ccc(Cl)c(Br)c12. The van der Waals surface area contributed by atoms with E-state index >= 15 is 0 Å². The van der Waals surface area contributed by atoms with Crippen molar-refractivity contribution in [2.75, 3.05) is 0 Å². The second-order valence-electron chi connectivity index (χ2n) is 2.65. The molecule has 0 atom stereocenters. The number of aldehydes is 1. The van der Waals surface area contributed by atoms with Gasteiger partial charge in [-0.1, -0.05) is 11.6 Å². The summed E-state index contributed by atoms with van der Waals surface area (Å²) in [4.78, 5) is 13.6. The van der Waals surface area contributed by atoms with Crippen molar-refractivity contribution in [3.8, 4) is 0 Å². The first kappa shape index (κ1) is 8.78. The highest BCUT2D eigenvalue weighted by atomic mass is 79.9. The fourth-order valence-electron chi connectivity index (χ4n) is 1.27. The highest BCUT2D eigenvalue weighted by Gasteiger charge is 2.08. The molecule has 0 saturated carbocycles. The van der Waals surface area contributed by atoms with E-state index in [4.69, 9.17) is 11.6 Å². The van der Waals surface area contributed by atoms with Crippen molar-refractivity contribution in [3.63, 3.8) is 0 Å². The Labute approximate surface area is 88.0 Å². The Hall–Kier alpha value is -0.800. The Morgan fingerprint density at radius 1 is 1.46 bits per heavy atom. The molecule has 1 N–H and O–H groups in total. The number of nitrogens with one attached hydrogen (secondary N) is 1. The van der Waals surface area contributed by atoms with Gasteiger partial charge >= 0.3 is 0 Å². The zero-order valence-corrected chi connectivity index (χ0v) is 8.82. The van der Waals surface area contributed by atoms with Crippen LogP contribution < -0.4 is 0 Å². The highest BCUT2D eigenvalue weighted by molar-refractivity contribution is 9.10. The Kier molecular flexibility index (Phi) is 2.14. The van der Waals surface area contributed by atoms with E-state index in [-0.39, 0.29) is 0 Å². The summed E-state index contributed by atoms with van der Waals surface area (Å²) >= 11 is 9.24. The van der Waals surface area contributed by atoms with Crippen LogP contribution in [0, 0.1) is 0 Å². The van der Waals surface area contributed by atoms with Gasteiger partial charge in [0.05, 0.1) is 5.02 Å². The minimum absolute atomic E-state index is 0.607. The highest BCUT2D eigenvalue weighted by Crippen LogP contribution is 2.32. The third kappa shape index (κ3) is 1.28. The Morgan fingerprint density at radius 3 is 2.92 bits per heavy atom. The van der Waals surface area contributed by atoms with Gasteiger partial charge in [0, 0.05) is 27.1 Å². The predicted octanol–water partition coefficient (Wildman–Crippen LogP) is 3.40. The molecule has 4 heteroatoms. The van der Waals surface area contributed by atoms with Crippen molar-refractivity contribution in [3.05, 3.63) is 33.4 Å². The fraction of sp³-hybridized carbons (Fsp3) is 0. The zero-order chi connectivity index (χ0) is 9.42. The Balaban J connectivity index is 2.93. The summed E-state index contributed by atoms with van der Waals surface area (Å²) < 4.78 is 0.759. The molecule has 2 rings (SSSR count). The van der Waals surface area contributed by atoms with Crippen molar-refractivity contribution in [2.24, 2.45) is 0 Å². The van der Waals surface area contributed by atoms with Gasteiger partial charge in [-0.05, 0) is 28.1 Å². The lowest BCUT2D eigenvalue weighted by Gasteiger charge is -1.97. The lowest BCUT2D eigenvalue weighted by molar-refractivity contribution is 0.112. The lowest BCUT2D eigenvalue weighted by atomic mass is 10.2. The number of hydrogen-bond donors (Lipinski definition) is 1. The van der Waals surface area contributed by atoms with Gasteiger partial charge in [0.2, 0.25) is 0 Å². The van der Waals surface area contributed by atoms with E-state index in [1.54, 1.807) is 12.3 Å². The number of rotatable bonds is 1. The molecule has 0 radical (unpaired) electrons. The molecule has 0 unspecified atom stereocenters. The average molecular weight is 259 g/mol. The van der Waals surface area contributed by atoms with E-state index in [1.807, 2.05) is 6.07 Å². The maximum Gasteiger partial charge on any atom is 0.152 e. The number of fused-ring (bicyclic) bond motifs is 1. The summed E-state index contributed by atoms with van der Waals surface area (Å²) in [5.41, 5.74) is 1.52. The van der Waals surface area contributed by atoms with E-state index in [1.165, 1.54) is 0 Å². The third-order valence-corrected chi connectivity index (χ3v) is 3.26. The van der Waals surface area contributed by atoms with Crippen LogP contribution in [0.4, 0.5) is 0 Å². The normalized spacial score (nSPS) is 10.6. The summed E-state index contributed by atoms with van der Waals surface area (Å²) in [5, 5.41) is 1.44. The summed E-state index contributed by atoms with van der Waals surface area (Å²) in [6.45, 7) is 0. The molecule has 13 heavy (non-hydrogen) atoms. The lowest BCUT2D eigenvalue weighted by Crippen LogP contribution is -1.77. The second-order valence-corrected chi connectivity index (χ2v) is 3.85. The molecule has 0 spiro atoms. The van der Waals surface area contributed by atoms with Gasteiger partial charge in [-0.3, -0.25) is 4.79 Å². The summed E-state index contributed by atoms with van der Waals surface area (Å²) in [7, 11) is 0. The van der Waals surface area contributed by atoms with Crippen LogP contribution in [0.5, 0.6) is 0 Å². The van der Waals surface area contributed by atoms with Gasteiger partial charge in [0.15, 0.2) is 6.29 Å². The standard InChI is InChI=1S/C9H5BrClNO/c10-9-6(11)1-2-7-8(9)5(4-13)3-12-7/h1-4,12H. The van der Waals surface area contributed by atoms with Gasteiger partial charge < -0.3 is 4.98 Å². The second kappa shape index (κ2) is 3.16. The average Bonchev–Trinajstić information content (AvgIpc) is 2.55. The van der Waals surface area contributed by atoms with Crippen LogP contribution in [0.2, 0.25) is 5.02 Å². The van der Waals surface area contributed by atoms with Crippen LogP contribution in [0.1, 0.15) is 10.4 Å². The van der Waals surface area contributed by atoms with Gasteiger partial charge in [-0.2, -0.15) is 0 Å². The monoisotopic (exact) mass is 257 g/mol. The first-order valence-corrected chi connectivity index (χ1v) is 4.81. The molecular formula is C9H5BrClNO. The minimum atomic E-state index is 0.607. The molecule has 1 aromatic carbocycles. The maximum atomic E-state index is 10.7. The number of halogens is 2. The van der Waals surface area contributed by atoms with Gasteiger partial charge in [-0.15, -0.1) is 0 Å². The summed E-state index contributed by atoms with van der Waals surface area (Å²) in [5.74, 6) is 0. The van der Waals surface area contributed by atoms with E-state index < -0.39 is 0 Å². The fourth-order valence-corrected chi connectivity index (χ4v) is 2.01. The van der Waals surface area contributed by atoms with E-state index in [0.717, 1.165) is 21.7 Å². The van der Waals surface area contributed by atoms with Crippen molar-refractivity contribution >= 4 is 44.7 Å². The molecular weight excluding hydrogens is 253 g/mol. The van der Waals surface area contributed by atoms with Gasteiger partial charge in [0.1, 0.15) is 0 Å². The molecule has 0 aliphatic carbocycles. The molecule has 1 heterocycles. The quantitative estimate of drug-likeness (QED) is 0.781. The first-order chi connectivity index (χ1) is 6.24. The molecule has 0 amide bonds. The predicted molar refractivity (Wildman–Crippen MR) is 56.4 cm³/mol. The number of benzene rings is 1. The minimum Gasteiger partial charge on any atom is -0.360 e. The molecule has 66 valence electrons. The summed E-state index contributed by atoms with van der Waals surface area (Å²) in [6, 6.07) is 3.62. The van der Waals surface area contributed by atoms with Crippen molar-refractivity contribution in [1.82, 2.24) is 4.98 Å². The third-order valence-electron chi connectivity index (χ3n) is 1.89. The number of hydrogen-bond acceptors (Lipinski definition) is 1. The van der Waals surface area contributed by atoms with Crippen LogP contribution in [0.3, 0.4) is 0 Å². The van der Waals surface area contributed by atoms with Gasteiger partial charge in [-0.25, -0.2) is 0 Å². The number of H-pyrrole nitrogens is 1. The summed E-state index contributed by atoms with van der Waals surface area (Å²) in [6.07, 6.45) is 2.47. The first-order valence-electron chi connectivity index (χ1n) is 3.64. The maximum absolute atomic E-state index is 10.7. The van der Waals surface area contributed by atoms with Crippen molar-refractivity contribution in [2.45, 2.75) is 0 Å². The Bertz CT molecular complexity index is 478. The Morgan fingerprint density at radius 2 is 2.23 bits per heavy atom. The molecule has 1 aromatic heterocycles. The molecule has 2 nitrogen and oxygen atoms in total. The number of aromatic amines is 1. The number of carbonyl (C=O) groups excluding carboxylic acids is 1. The number of carbonyl (C=O) groups is 1. The van der Waals surface area contributed by atoms with E-state index in [2.05, 4.69) is 20.9 Å². The molecule has 0 bridgehead atoms. The topological polar surface area (TPSA) is 32.9 Å². The smallest absolute Gasteiger partial charge is 0.152 e. The number of aromatic nitrogens is 1. The van der Waals surface area contributed by atoms with E-state index in [0.29, 0.717) is 10.6 Å². The van der Waals surface area contributed by atoms with Crippen molar-refractivity contribution < 1.29 is 4.79 Å². The molecule has 0 aliphatic heterocycles. The largest absolute Gasteiger partial charge is 0.360 e. The van der Waals surface area contributed by atoms with Crippen LogP contribution in [0.25, 0.3) is 10.9 Å². The molecule has 0 fully saturated rings.